The quantitative estimate of drug-likeness (QED) is 0.755. The van der Waals surface area contributed by atoms with Crippen molar-refractivity contribution in [3.63, 3.8) is 0 Å². The van der Waals surface area contributed by atoms with Gasteiger partial charge >= 0.3 is 0 Å². The Morgan fingerprint density at radius 3 is 2.63 bits per heavy atom. The summed E-state index contributed by atoms with van der Waals surface area (Å²) >= 11 is 0.351. The molecule has 1 aliphatic rings. The highest BCUT2D eigenvalue weighted by molar-refractivity contribution is 7.99. The van der Waals surface area contributed by atoms with E-state index in [4.69, 9.17) is 0 Å². The number of benzene rings is 1. The van der Waals surface area contributed by atoms with Crippen molar-refractivity contribution in [3.05, 3.63) is 36.0 Å². The maximum Gasteiger partial charge on any atom is 0.288 e. The summed E-state index contributed by atoms with van der Waals surface area (Å²) in [4.78, 5) is 25.7. The fraction of sp³-hybridized carbons (Fsp3) is 0.389. The van der Waals surface area contributed by atoms with Crippen LogP contribution in [0, 0.1) is 0 Å². The van der Waals surface area contributed by atoms with Crippen molar-refractivity contribution < 1.29 is 13.6 Å². The Labute approximate surface area is 161 Å². The summed E-state index contributed by atoms with van der Waals surface area (Å²) in [5, 5.41) is 2.76. The SMILES string of the molecule is CN(C)c1nc(N2CCCC2)ncc1NC(=O)c1ccccc1SC(F)F. The Hall–Kier alpha value is -2.42. The maximum absolute atomic E-state index is 12.8. The van der Waals surface area contributed by atoms with Gasteiger partial charge in [0.2, 0.25) is 5.95 Å². The van der Waals surface area contributed by atoms with E-state index in [2.05, 4.69) is 20.2 Å². The number of halogens is 2. The van der Waals surface area contributed by atoms with Crippen LogP contribution in [0.4, 0.5) is 26.2 Å². The molecule has 1 N–H and O–H groups in total. The third kappa shape index (κ3) is 4.65. The lowest BCUT2D eigenvalue weighted by atomic mass is 10.2. The van der Waals surface area contributed by atoms with Crippen molar-refractivity contribution in [1.82, 2.24) is 9.97 Å². The Balaban J connectivity index is 1.85. The summed E-state index contributed by atoms with van der Waals surface area (Å²) in [6.07, 6.45) is 3.78. The highest BCUT2D eigenvalue weighted by Gasteiger charge is 2.20. The number of thioether (sulfide) groups is 1. The lowest BCUT2D eigenvalue weighted by Crippen LogP contribution is -2.24. The van der Waals surface area contributed by atoms with E-state index in [0.29, 0.717) is 29.2 Å². The zero-order chi connectivity index (χ0) is 19.4. The molecule has 0 saturated carbocycles. The van der Waals surface area contributed by atoms with Gasteiger partial charge in [0, 0.05) is 32.1 Å². The number of hydrogen-bond donors (Lipinski definition) is 1. The summed E-state index contributed by atoms with van der Waals surface area (Å²) in [5.41, 5.74) is 0.626. The van der Waals surface area contributed by atoms with Crippen molar-refractivity contribution in [2.24, 2.45) is 0 Å². The normalized spacial score (nSPS) is 13.9. The van der Waals surface area contributed by atoms with Gasteiger partial charge in [-0.2, -0.15) is 13.8 Å². The zero-order valence-corrected chi connectivity index (χ0v) is 16.0. The summed E-state index contributed by atoms with van der Waals surface area (Å²) in [6, 6.07) is 6.30. The summed E-state index contributed by atoms with van der Waals surface area (Å²) in [5.74, 6) is -1.87. The average Bonchev–Trinajstić information content (AvgIpc) is 3.16. The molecule has 0 bridgehead atoms. The molecule has 1 aliphatic heterocycles. The van der Waals surface area contributed by atoms with Crippen LogP contribution in [0.5, 0.6) is 0 Å². The van der Waals surface area contributed by atoms with Crippen molar-refractivity contribution in [2.75, 3.05) is 42.3 Å². The van der Waals surface area contributed by atoms with Crippen LogP contribution in [0.1, 0.15) is 23.2 Å². The van der Waals surface area contributed by atoms with Crippen LogP contribution in [-0.2, 0) is 0 Å². The topological polar surface area (TPSA) is 61.4 Å². The predicted molar refractivity (Wildman–Crippen MR) is 104 cm³/mol. The lowest BCUT2D eigenvalue weighted by Gasteiger charge is -2.21. The molecule has 144 valence electrons. The van der Waals surface area contributed by atoms with Crippen LogP contribution in [0.15, 0.2) is 35.4 Å². The molecule has 1 fully saturated rings. The number of carbonyl (C=O) groups excluding carboxylic acids is 1. The largest absolute Gasteiger partial charge is 0.361 e. The van der Waals surface area contributed by atoms with Crippen molar-refractivity contribution in [3.8, 4) is 0 Å². The molecule has 0 atom stereocenters. The Bertz CT molecular complexity index is 812. The number of aromatic nitrogens is 2. The van der Waals surface area contributed by atoms with E-state index >= 15 is 0 Å². The molecule has 2 heterocycles. The van der Waals surface area contributed by atoms with Crippen molar-refractivity contribution in [2.45, 2.75) is 23.5 Å². The third-order valence-corrected chi connectivity index (χ3v) is 4.95. The van der Waals surface area contributed by atoms with Gasteiger partial charge in [0.1, 0.15) is 5.69 Å². The van der Waals surface area contributed by atoms with Crippen LogP contribution in [0.25, 0.3) is 0 Å². The highest BCUT2D eigenvalue weighted by Crippen LogP contribution is 2.30. The van der Waals surface area contributed by atoms with Crippen LogP contribution in [-0.4, -0.2) is 48.8 Å². The number of amides is 1. The van der Waals surface area contributed by atoms with Gasteiger partial charge in [-0.25, -0.2) is 4.98 Å². The molecular weight excluding hydrogens is 372 g/mol. The van der Waals surface area contributed by atoms with E-state index in [1.165, 1.54) is 12.1 Å². The first kappa shape index (κ1) is 19.3. The Kier molecular flexibility index (Phi) is 6.10. The Morgan fingerprint density at radius 2 is 1.96 bits per heavy atom. The second kappa shape index (κ2) is 8.51. The first-order chi connectivity index (χ1) is 13.0. The van der Waals surface area contributed by atoms with Crippen molar-refractivity contribution >= 4 is 35.1 Å². The first-order valence-corrected chi connectivity index (χ1v) is 9.48. The monoisotopic (exact) mass is 393 g/mol. The number of rotatable bonds is 6. The molecule has 6 nitrogen and oxygen atoms in total. The average molecular weight is 393 g/mol. The minimum atomic E-state index is -2.60. The minimum absolute atomic E-state index is 0.191. The number of nitrogens with zero attached hydrogens (tertiary/aromatic N) is 4. The summed E-state index contributed by atoms with van der Waals surface area (Å²) < 4.78 is 25.5. The van der Waals surface area contributed by atoms with Gasteiger partial charge in [0.25, 0.3) is 11.7 Å². The van der Waals surface area contributed by atoms with Crippen molar-refractivity contribution in [1.29, 1.82) is 0 Å². The highest BCUT2D eigenvalue weighted by atomic mass is 32.2. The van der Waals surface area contributed by atoms with E-state index in [-0.39, 0.29) is 10.5 Å². The smallest absolute Gasteiger partial charge is 0.288 e. The zero-order valence-electron chi connectivity index (χ0n) is 15.2. The van der Waals surface area contributed by atoms with E-state index in [0.717, 1.165) is 25.9 Å². The molecule has 1 aromatic heterocycles. The summed E-state index contributed by atoms with van der Waals surface area (Å²) in [6.45, 7) is 1.83. The van der Waals surface area contributed by atoms with E-state index in [9.17, 15) is 13.6 Å². The molecule has 1 aromatic carbocycles. The van der Waals surface area contributed by atoms with Crippen LogP contribution < -0.4 is 15.1 Å². The number of alkyl halides is 2. The predicted octanol–water partition coefficient (Wildman–Crippen LogP) is 3.71. The molecule has 27 heavy (non-hydrogen) atoms. The first-order valence-electron chi connectivity index (χ1n) is 8.60. The van der Waals surface area contributed by atoms with Gasteiger partial charge in [-0.3, -0.25) is 4.79 Å². The molecule has 0 radical (unpaired) electrons. The Morgan fingerprint density at radius 1 is 1.26 bits per heavy atom. The van der Waals surface area contributed by atoms with Gasteiger partial charge in [-0.15, -0.1) is 0 Å². The van der Waals surface area contributed by atoms with E-state index in [1.807, 2.05) is 14.1 Å². The van der Waals surface area contributed by atoms with Gasteiger partial charge < -0.3 is 15.1 Å². The second-order valence-corrected chi connectivity index (χ2v) is 7.36. The molecule has 0 unspecified atom stereocenters. The van der Waals surface area contributed by atoms with E-state index < -0.39 is 11.7 Å². The van der Waals surface area contributed by atoms with E-state index in [1.54, 1.807) is 23.2 Å². The molecule has 9 heteroatoms. The van der Waals surface area contributed by atoms with Crippen LogP contribution in [0.3, 0.4) is 0 Å². The second-order valence-electron chi connectivity index (χ2n) is 6.32. The van der Waals surface area contributed by atoms with Gasteiger partial charge in [0.15, 0.2) is 5.82 Å². The molecule has 1 saturated heterocycles. The fourth-order valence-corrected chi connectivity index (χ4v) is 3.54. The van der Waals surface area contributed by atoms with Crippen LogP contribution in [0.2, 0.25) is 0 Å². The third-order valence-electron chi connectivity index (χ3n) is 4.16. The van der Waals surface area contributed by atoms with Crippen LogP contribution >= 0.6 is 11.8 Å². The molecule has 3 rings (SSSR count). The summed E-state index contributed by atoms with van der Waals surface area (Å²) in [7, 11) is 3.65. The number of carbonyl (C=O) groups is 1. The number of nitrogens with one attached hydrogen (secondary N) is 1. The molecule has 1 amide bonds. The van der Waals surface area contributed by atoms with Gasteiger partial charge in [-0.05, 0) is 25.0 Å². The number of anilines is 3. The van der Waals surface area contributed by atoms with Gasteiger partial charge in [-0.1, -0.05) is 23.9 Å². The molecule has 0 aliphatic carbocycles. The lowest BCUT2D eigenvalue weighted by molar-refractivity contribution is 0.102. The molecule has 0 spiro atoms. The standard InChI is InChI=1S/C18H21F2N5OS/c1-24(2)15-13(11-21-18(23-15)25-9-5-6-10-25)22-16(26)12-7-3-4-8-14(12)27-17(19)20/h3-4,7-8,11,17H,5-6,9-10H2,1-2H3,(H,22,26). The molecular formula is C18H21F2N5OS. The number of hydrogen-bond acceptors (Lipinski definition) is 6. The molecule has 2 aromatic rings. The minimum Gasteiger partial charge on any atom is -0.361 e. The van der Waals surface area contributed by atoms with Gasteiger partial charge in [0.05, 0.1) is 11.8 Å². The fourth-order valence-electron chi connectivity index (χ4n) is 2.91. The maximum atomic E-state index is 12.8.